The Morgan fingerprint density at radius 1 is 0.929 bits per heavy atom. The molecule has 0 saturated heterocycles. The molecule has 2 aromatic heterocycles. The maximum absolute atomic E-state index is 5.40. The van der Waals surface area contributed by atoms with Crippen molar-refractivity contribution in [3.05, 3.63) is 30.5 Å². The van der Waals surface area contributed by atoms with Crippen LogP contribution in [0.15, 0.2) is 30.5 Å². The number of hydrogen-bond donors (Lipinski definition) is 1. The first kappa shape index (κ1) is 10.3. The first-order valence-corrected chi connectivity index (χ1v) is 3.73. The lowest BCUT2D eigenvalue weighted by Crippen LogP contribution is -1.95. The largest absolute Gasteiger partial charge is 0.382 e. The van der Waals surface area contributed by atoms with Crippen molar-refractivity contribution in [3.63, 3.8) is 0 Å². The van der Waals surface area contributed by atoms with Crippen LogP contribution >= 0.6 is 12.4 Å². The van der Waals surface area contributed by atoms with Crippen molar-refractivity contribution in [1.29, 1.82) is 0 Å². The van der Waals surface area contributed by atoms with Crippen molar-refractivity contribution in [3.8, 4) is 11.4 Å². The highest BCUT2D eigenvalue weighted by Gasteiger charge is 1.99. The zero-order chi connectivity index (χ0) is 9.10. The highest BCUT2D eigenvalue weighted by Crippen LogP contribution is 2.11. The number of nitrogen functional groups attached to an aromatic ring is 1. The highest BCUT2D eigenvalue weighted by molar-refractivity contribution is 5.85. The molecule has 0 aliphatic heterocycles. The minimum absolute atomic E-state index is 0. The van der Waals surface area contributed by atoms with E-state index < -0.39 is 0 Å². The Morgan fingerprint density at radius 2 is 1.71 bits per heavy atom. The van der Waals surface area contributed by atoms with Gasteiger partial charge < -0.3 is 5.73 Å². The Labute approximate surface area is 86.8 Å². The van der Waals surface area contributed by atoms with E-state index in [1.807, 2.05) is 6.07 Å². The fourth-order valence-corrected chi connectivity index (χ4v) is 0.917. The molecule has 0 atom stereocenters. The standard InChI is InChI=1S/C8H7N5.ClH/c9-8-4-3-7(12-13-8)6-2-1-5-10-11-6;/h1-5H,(H2,9,13);1H. The topological polar surface area (TPSA) is 77.6 Å². The molecule has 0 aromatic carbocycles. The quantitative estimate of drug-likeness (QED) is 0.756. The van der Waals surface area contributed by atoms with Gasteiger partial charge in [0.2, 0.25) is 0 Å². The Morgan fingerprint density at radius 3 is 2.29 bits per heavy atom. The summed E-state index contributed by atoms with van der Waals surface area (Å²) < 4.78 is 0. The van der Waals surface area contributed by atoms with E-state index in [2.05, 4.69) is 20.4 Å². The molecule has 2 N–H and O–H groups in total. The SMILES string of the molecule is Cl.Nc1ccc(-c2cccnn2)nn1. The third kappa shape index (κ3) is 2.14. The predicted octanol–water partition coefficient (Wildman–Crippen LogP) is 0.938. The van der Waals surface area contributed by atoms with Gasteiger partial charge in [-0.1, -0.05) is 0 Å². The molecule has 0 amide bonds. The van der Waals surface area contributed by atoms with Crippen LogP contribution < -0.4 is 5.73 Å². The summed E-state index contributed by atoms with van der Waals surface area (Å²) in [5, 5.41) is 15.2. The van der Waals surface area contributed by atoms with Crippen LogP contribution in [0, 0.1) is 0 Å². The molecule has 6 heteroatoms. The maximum atomic E-state index is 5.40. The monoisotopic (exact) mass is 209 g/mol. The average Bonchev–Trinajstić information content (AvgIpc) is 2.20. The van der Waals surface area contributed by atoms with E-state index in [0.717, 1.165) is 0 Å². The zero-order valence-corrected chi connectivity index (χ0v) is 7.98. The Bertz CT molecular complexity index is 388. The summed E-state index contributed by atoms with van der Waals surface area (Å²) >= 11 is 0. The van der Waals surface area contributed by atoms with Crippen molar-refractivity contribution < 1.29 is 0 Å². The molecule has 0 unspecified atom stereocenters. The summed E-state index contributed by atoms with van der Waals surface area (Å²) in [4.78, 5) is 0. The maximum Gasteiger partial charge on any atom is 0.146 e. The van der Waals surface area contributed by atoms with Gasteiger partial charge in [-0.15, -0.1) is 27.7 Å². The second-order valence-corrected chi connectivity index (χ2v) is 2.45. The second kappa shape index (κ2) is 4.48. The lowest BCUT2D eigenvalue weighted by Gasteiger charge is -1.96. The van der Waals surface area contributed by atoms with Crippen molar-refractivity contribution in [1.82, 2.24) is 20.4 Å². The van der Waals surface area contributed by atoms with Crippen LogP contribution in [0.3, 0.4) is 0 Å². The molecule has 14 heavy (non-hydrogen) atoms. The summed E-state index contributed by atoms with van der Waals surface area (Å²) in [7, 11) is 0. The van der Waals surface area contributed by atoms with Crippen molar-refractivity contribution in [2.45, 2.75) is 0 Å². The van der Waals surface area contributed by atoms with Crippen molar-refractivity contribution in [2.75, 3.05) is 5.73 Å². The number of aromatic nitrogens is 4. The van der Waals surface area contributed by atoms with Gasteiger partial charge in [0.1, 0.15) is 17.2 Å². The summed E-state index contributed by atoms with van der Waals surface area (Å²) in [6.07, 6.45) is 1.61. The minimum Gasteiger partial charge on any atom is -0.382 e. The van der Waals surface area contributed by atoms with Gasteiger partial charge in [0.25, 0.3) is 0 Å². The second-order valence-electron chi connectivity index (χ2n) is 2.45. The van der Waals surface area contributed by atoms with Gasteiger partial charge in [-0.25, -0.2) is 0 Å². The lowest BCUT2D eigenvalue weighted by molar-refractivity contribution is 0.994. The van der Waals surface area contributed by atoms with E-state index >= 15 is 0 Å². The summed E-state index contributed by atoms with van der Waals surface area (Å²) in [5.41, 5.74) is 6.75. The number of anilines is 1. The Balaban J connectivity index is 0.000000980. The van der Waals surface area contributed by atoms with Crippen molar-refractivity contribution in [2.24, 2.45) is 0 Å². The highest BCUT2D eigenvalue weighted by atomic mass is 35.5. The van der Waals surface area contributed by atoms with Gasteiger partial charge >= 0.3 is 0 Å². The zero-order valence-electron chi connectivity index (χ0n) is 7.16. The van der Waals surface area contributed by atoms with Crippen LogP contribution in [0.4, 0.5) is 5.82 Å². The van der Waals surface area contributed by atoms with Crippen LogP contribution in [0.1, 0.15) is 0 Å². The van der Waals surface area contributed by atoms with Gasteiger partial charge in [0.15, 0.2) is 0 Å². The van der Waals surface area contributed by atoms with Gasteiger partial charge in [-0.3, -0.25) is 0 Å². The first-order valence-electron chi connectivity index (χ1n) is 3.73. The first-order chi connectivity index (χ1) is 6.36. The molecule has 0 spiro atoms. The van der Waals surface area contributed by atoms with Crippen LogP contribution in [-0.2, 0) is 0 Å². The predicted molar refractivity (Wildman–Crippen MR) is 54.7 cm³/mol. The smallest absolute Gasteiger partial charge is 0.146 e. The van der Waals surface area contributed by atoms with E-state index in [1.165, 1.54) is 0 Å². The van der Waals surface area contributed by atoms with Gasteiger partial charge in [0, 0.05) is 6.20 Å². The summed E-state index contributed by atoms with van der Waals surface area (Å²) in [6.45, 7) is 0. The summed E-state index contributed by atoms with van der Waals surface area (Å²) in [6, 6.07) is 7.04. The number of nitrogens with zero attached hydrogens (tertiary/aromatic N) is 4. The third-order valence-electron chi connectivity index (χ3n) is 1.52. The van der Waals surface area contributed by atoms with E-state index in [4.69, 9.17) is 5.73 Å². The molecular weight excluding hydrogens is 202 g/mol. The molecular formula is C8H8ClN5. The molecule has 5 nitrogen and oxygen atoms in total. The molecule has 0 aliphatic rings. The Hall–Kier alpha value is -1.75. The molecule has 2 rings (SSSR count). The van der Waals surface area contributed by atoms with Crippen LogP contribution in [-0.4, -0.2) is 20.4 Å². The van der Waals surface area contributed by atoms with Crippen LogP contribution in [0.2, 0.25) is 0 Å². The van der Waals surface area contributed by atoms with E-state index in [-0.39, 0.29) is 12.4 Å². The van der Waals surface area contributed by atoms with Gasteiger partial charge in [-0.2, -0.15) is 5.10 Å². The molecule has 0 saturated carbocycles. The van der Waals surface area contributed by atoms with E-state index in [1.54, 1.807) is 24.4 Å². The van der Waals surface area contributed by atoms with Gasteiger partial charge in [0.05, 0.1) is 0 Å². The molecule has 0 radical (unpaired) electrons. The number of rotatable bonds is 1. The Kier molecular flexibility index (Phi) is 3.30. The lowest BCUT2D eigenvalue weighted by atomic mass is 10.3. The summed E-state index contributed by atoms with van der Waals surface area (Å²) in [5.74, 6) is 0.396. The fraction of sp³-hybridized carbons (Fsp3) is 0. The number of nitrogens with two attached hydrogens (primary N) is 1. The number of halogens is 1. The normalized spacial score (nSPS) is 9.14. The molecule has 2 heterocycles. The van der Waals surface area contributed by atoms with E-state index in [9.17, 15) is 0 Å². The third-order valence-corrected chi connectivity index (χ3v) is 1.52. The molecule has 0 bridgehead atoms. The van der Waals surface area contributed by atoms with Crippen LogP contribution in [0.25, 0.3) is 11.4 Å². The molecule has 72 valence electrons. The minimum atomic E-state index is 0. The average molecular weight is 210 g/mol. The number of hydrogen-bond acceptors (Lipinski definition) is 5. The molecule has 0 fully saturated rings. The molecule has 2 aromatic rings. The van der Waals surface area contributed by atoms with Crippen molar-refractivity contribution >= 4 is 18.2 Å². The van der Waals surface area contributed by atoms with E-state index in [0.29, 0.717) is 17.2 Å². The van der Waals surface area contributed by atoms with Crippen LogP contribution in [0.5, 0.6) is 0 Å². The van der Waals surface area contributed by atoms with Gasteiger partial charge in [-0.05, 0) is 24.3 Å². The molecule has 0 aliphatic carbocycles. The fourth-order valence-electron chi connectivity index (χ4n) is 0.917.